The third kappa shape index (κ3) is 5.21. The van der Waals surface area contributed by atoms with Gasteiger partial charge in [0.2, 0.25) is 11.8 Å². The van der Waals surface area contributed by atoms with Crippen LogP contribution in [-0.2, 0) is 20.8 Å². The van der Waals surface area contributed by atoms with Crippen molar-refractivity contribution in [3.05, 3.63) is 34.9 Å². The highest BCUT2D eigenvalue weighted by Gasteiger charge is 2.29. The summed E-state index contributed by atoms with van der Waals surface area (Å²) >= 11 is 6.14. The van der Waals surface area contributed by atoms with Gasteiger partial charge in [-0.2, -0.15) is 0 Å². The summed E-state index contributed by atoms with van der Waals surface area (Å²) in [6.07, 6.45) is 1.76. The molecule has 2 rings (SSSR count). The number of likely N-dealkylation sites (tertiary alicyclic amines) is 1. The van der Waals surface area contributed by atoms with Gasteiger partial charge in [-0.15, -0.1) is 0 Å². The van der Waals surface area contributed by atoms with Gasteiger partial charge in [-0.1, -0.05) is 36.7 Å². The van der Waals surface area contributed by atoms with E-state index in [1.165, 1.54) is 4.90 Å². The number of carboxylic acids is 1. The highest BCUT2D eigenvalue weighted by molar-refractivity contribution is 6.31. The van der Waals surface area contributed by atoms with Gasteiger partial charge < -0.3 is 14.9 Å². The summed E-state index contributed by atoms with van der Waals surface area (Å²) in [5.74, 6) is -2.05. The molecule has 1 N–H and O–H groups in total. The molecule has 1 saturated heterocycles. The van der Waals surface area contributed by atoms with Crippen LogP contribution in [0.5, 0.6) is 0 Å². The fraction of sp³-hybridized carbons (Fsp3) is 0.526. The van der Waals surface area contributed by atoms with E-state index >= 15 is 0 Å². The third-order valence-electron chi connectivity index (χ3n) is 4.78. The number of amides is 2. The molecular weight excluding hydrogens is 356 g/mol. The van der Waals surface area contributed by atoms with Crippen molar-refractivity contribution in [2.45, 2.75) is 26.2 Å². The number of rotatable bonds is 6. The van der Waals surface area contributed by atoms with Gasteiger partial charge in [0.15, 0.2) is 0 Å². The van der Waals surface area contributed by atoms with E-state index < -0.39 is 11.9 Å². The molecule has 0 radical (unpaired) electrons. The Balaban J connectivity index is 1.90. The Kier molecular flexibility index (Phi) is 7.03. The Hall–Kier alpha value is -2.08. The summed E-state index contributed by atoms with van der Waals surface area (Å²) in [6.45, 7) is 2.53. The highest BCUT2D eigenvalue weighted by Crippen LogP contribution is 2.20. The minimum absolute atomic E-state index is 0.0436. The Morgan fingerprint density at radius 2 is 2.04 bits per heavy atom. The third-order valence-corrected chi connectivity index (χ3v) is 5.15. The molecular formula is C19H25ClN2O4. The van der Waals surface area contributed by atoms with Crippen LogP contribution in [-0.4, -0.2) is 59.4 Å². The smallest absolute Gasteiger partial charge is 0.308 e. The number of piperidine rings is 1. The Morgan fingerprint density at radius 1 is 1.35 bits per heavy atom. The standard InChI is InChI=1S/C19H25ClN2O4/c1-13(10-14-6-3-4-8-16(14)20)18(24)21(2)12-17(23)22-9-5-7-15(11-22)19(25)26/h3-4,6,8,13,15H,5,7,9-12H2,1-2H3,(H,25,26). The summed E-state index contributed by atoms with van der Waals surface area (Å²) in [6, 6.07) is 7.39. The van der Waals surface area contributed by atoms with Crippen LogP contribution in [0.25, 0.3) is 0 Å². The number of nitrogens with zero attached hydrogens (tertiary/aromatic N) is 2. The predicted octanol–water partition coefficient (Wildman–Crippen LogP) is 2.30. The van der Waals surface area contributed by atoms with Gasteiger partial charge in [-0.25, -0.2) is 0 Å². The minimum atomic E-state index is -0.875. The molecule has 1 aliphatic rings. The lowest BCUT2D eigenvalue weighted by Gasteiger charge is -2.32. The second-order valence-electron chi connectivity index (χ2n) is 6.91. The molecule has 0 bridgehead atoms. The van der Waals surface area contributed by atoms with Crippen LogP contribution in [0.3, 0.4) is 0 Å². The number of likely N-dealkylation sites (N-methyl/N-ethyl adjacent to an activating group) is 1. The summed E-state index contributed by atoms with van der Waals surface area (Å²) < 4.78 is 0. The number of hydrogen-bond acceptors (Lipinski definition) is 3. The highest BCUT2D eigenvalue weighted by atomic mass is 35.5. The van der Waals surface area contributed by atoms with Crippen molar-refractivity contribution in [1.29, 1.82) is 0 Å². The molecule has 2 unspecified atom stereocenters. The average Bonchev–Trinajstić information content (AvgIpc) is 2.62. The van der Waals surface area contributed by atoms with E-state index in [9.17, 15) is 14.4 Å². The Morgan fingerprint density at radius 3 is 2.69 bits per heavy atom. The predicted molar refractivity (Wildman–Crippen MR) is 98.9 cm³/mol. The summed E-state index contributed by atoms with van der Waals surface area (Å²) in [7, 11) is 1.60. The van der Waals surface area contributed by atoms with Crippen molar-refractivity contribution in [2.24, 2.45) is 11.8 Å². The molecule has 7 heteroatoms. The van der Waals surface area contributed by atoms with E-state index in [-0.39, 0.29) is 30.8 Å². The number of benzene rings is 1. The molecule has 1 fully saturated rings. The van der Waals surface area contributed by atoms with Crippen LogP contribution < -0.4 is 0 Å². The maximum atomic E-state index is 12.6. The lowest BCUT2D eigenvalue weighted by molar-refractivity contribution is -0.147. The van der Waals surface area contributed by atoms with Crippen LogP contribution in [0.15, 0.2) is 24.3 Å². The zero-order chi connectivity index (χ0) is 19.3. The maximum absolute atomic E-state index is 12.6. The molecule has 6 nitrogen and oxygen atoms in total. The molecule has 1 heterocycles. The van der Waals surface area contributed by atoms with E-state index in [0.29, 0.717) is 30.8 Å². The van der Waals surface area contributed by atoms with E-state index in [1.807, 2.05) is 25.1 Å². The number of halogens is 1. The average molecular weight is 381 g/mol. The van der Waals surface area contributed by atoms with Crippen LogP contribution >= 0.6 is 11.6 Å². The zero-order valence-electron chi connectivity index (χ0n) is 15.2. The molecule has 1 aliphatic heterocycles. The molecule has 1 aromatic carbocycles. The van der Waals surface area contributed by atoms with Crippen molar-refractivity contribution in [3.63, 3.8) is 0 Å². The first-order chi connectivity index (χ1) is 12.3. The number of carboxylic acid groups (broad SMARTS) is 1. The van der Waals surface area contributed by atoms with E-state index in [4.69, 9.17) is 16.7 Å². The Bertz CT molecular complexity index is 679. The first-order valence-electron chi connectivity index (χ1n) is 8.78. The molecule has 26 heavy (non-hydrogen) atoms. The van der Waals surface area contributed by atoms with Gasteiger partial charge >= 0.3 is 5.97 Å². The van der Waals surface area contributed by atoms with Crippen LogP contribution in [0.2, 0.25) is 5.02 Å². The monoisotopic (exact) mass is 380 g/mol. The quantitative estimate of drug-likeness (QED) is 0.821. The number of carbonyl (C=O) groups excluding carboxylic acids is 2. The van der Waals surface area contributed by atoms with E-state index in [0.717, 1.165) is 5.56 Å². The molecule has 0 spiro atoms. The topological polar surface area (TPSA) is 77.9 Å². The summed E-state index contributed by atoms with van der Waals surface area (Å²) in [5.41, 5.74) is 0.898. The van der Waals surface area contributed by atoms with Crippen molar-refractivity contribution < 1.29 is 19.5 Å². The second kappa shape index (κ2) is 9.03. The maximum Gasteiger partial charge on any atom is 0.308 e. The second-order valence-corrected chi connectivity index (χ2v) is 7.32. The molecule has 2 atom stereocenters. The first kappa shape index (κ1) is 20.2. The van der Waals surface area contributed by atoms with Crippen molar-refractivity contribution in [1.82, 2.24) is 9.80 Å². The largest absolute Gasteiger partial charge is 0.481 e. The van der Waals surface area contributed by atoms with Gasteiger partial charge in [0.1, 0.15) is 0 Å². The first-order valence-corrected chi connectivity index (χ1v) is 9.16. The normalized spacial score (nSPS) is 18.3. The molecule has 0 saturated carbocycles. The number of carbonyl (C=O) groups is 3. The van der Waals surface area contributed by atoms with E-state index in [2.05, 4.69) is 0 Å². The van der Waals surface area contributed by atoms with Gasteiger partial charge in [0, 0.05) is 31.1 Å². The zero-order valence-corrected chi connectivity index (χ0v) is 15.9. The SMILES string of the molecule is CC(Cc1ccccc1Cl)C(=O)N(C)CC(=O)N1CCCC(C(=O)O)C1. The minimum Gasteiger partial charge on any atom is -0.481 e. The molecule has 1 aromatic rings. The van der Waals surface area contributed by atoms with Crippen molar-refractivity contribution in [3.8, 4) is 0 Å². The lowest BCUT2D eigenvalue weighted by atomic mass is 9.98. The van der Waals surface area contributed by atoms with Crippen molar-refractivity contribution >= 4 is 29.4 Å². The van der Waals surface area contributed by atoms with Gasteiger partial charge in [-0.3, -0.25) is 14.4 Å². The summed E-state index contributed by atoms with van der Waals surface area (Å²) in [4.78, 5) is 39.1. The van der Waals surface area contributed by atoms with Crippen molar-refractivity contribution in [2.75, 3.05) is 26.7 Å². The van der Waals surface area contributed by atoms with Crippen LogP contribution in [0.4, 0.5) is 0 Å². The number of hydrogen-bond donors (Lipinski definition) is 1. The van der Waals surface area contributed by atoms with Crippen LogP contribution in [0, 0.1) is 11.8 Å². The van der Waals surface area contributed by atoms with Gasteiger partial charge in [0.25, 0.3) is 0 Å². The van der Waals surface area contributed by atoms with E-state index in [1.54, 1.807) is 18.0 Å². The lowest BCUT2D eigenvalue weighted by Crippen LogP contribution is -2.47. The summed E-state index contributed by atoms with van der Waals surface area (Å²) in [5, 5.41) is 9.75. The fourth-order valence-corrected chi connectivity index (χ4v) is 3.46. The molecule has 142 valence electrons. The van der Waals surface area contributed by atoms with Gasteiger partial charge in [-0.05, 0) is 30.9 Å². The molecule has 0 aromatic heterocycles. The fourth-order valence-electron chi connectivity index (χ4n) is 3.24. The Labute approximate surface area is 158 Å². The molecule has 2 amide bonds. The van der Waals surface area contributed by atoms with Gasteiger partial charge in [0.05, 0.1) is 12.5 Å². The molecule has 0 aliphatic carbocycles. The van der Waals surface area contributed by atoms with Crippen LogP contribution in [0.1, 0.15) is 25.3 Å². The number of aliphatic carboxylic acids is 1.